The SMILES string of the molecule is c1ccc(-c2nc3cccc(-c4nc(-c5ccc6c(c5)sc5ccccc56)nc(-n5c6ccccc6c6ccccc65)n4)c3s2)cc1. The second-order valence-corrected chi connectivity index (χ2v) is 13.6. The number of benzene rings is 6. The maximum atomic E-state index is 5.22. The summed E-state index contributed by atoms with van der Waals surface area (Å²) in [5.74, 6) is 1.84. The van der Waals surface area contributed by atoms with Crippen LogP contribution in [0.25, 0.3) is 91.5 Å². The molecule has 0 saturated carbocycles. The van der Waals surface area contributed by atoms with Crippen LogP contribution < -0.4 is 0 Å². The molecule has 0 aliphatic heterocycles. The largest absolute Gasteiger partial charge is 0.278 e. The first-order valence-electron chi connectivity index (χ1n) is 15.4. The lowest BCUT2D eigenvalue weighted by molar-refractivity contribution is 0.955. The summed E-state index contributed by atoms with van der Waals surface area (Å²) in [7, 11) is 0. The molecule has 5 nitrogen and oxygen atoms in total. The number of thiazole rings is 1. The quantitative estimate of drug-likeness (QED) is 0.193. The van der Waals surface area contributed by atoms with Gasteiger partial charge in [0, 0.05) is 47.6 Å². The Labute approximate surface area is 277 Å². The zero-order valence-corrected chi connectivity index (χ0v) is 26.5. The van der Waals surface area contributed by atoms with Gasteiger partial charge in [-0.05, 0) is 36.4 Å². The van der Waals surface area contributed by atoms with E-state index in [0.29, 0.717) is 17.6 Å². The molecule has 0 aliphatic carbocycles. The molecule has 7 heteroatoms. The molecule has 0 unspecified atom stereocenters. The highest BCUT2D eigenvalue weighted by molar-refractivity contribution is 7.25. The molecule has 0 radical (unpaired) electrons. The van der Waals surface area contributed by atoms with Gasteiger partial charge in [0.25, 0.3) is 0 Å². The van der Waals surface area contributed by atoms with Crippen molar-refractivity contribution in [2.75, 3.05) is 0 Å². The summed E-state index contributed by atoms with van der Waals surface area (Å²) < 4.78 is 5.70. The van der Waals surface area contributed by atoms with Crippen LogP contribution in [0.15, 0.2) is 140 Å². The molecule has 6 aromatic carbocycles. The highest BCUT2D eigenvalue weighted by atomic mass is 32.1. The molecule has 0 fully saturated rings. The van der Waals surface area contributed by atoms with Gasteiger partial charge in [0.05, 0.1) is 21.3 Å². The van der Waals surface area contributed by atoms with Gasteiger partial charge in [-0.3, -0.25) is 4.57 Å². The molecule has 4 aromatic heterocycles. The van der Waals surface area contributed by atoms with E-state index in [-0.39, 0.29) is 0 Å². The first-order valence-corrected chi connectivity index (χ1v) is 17.0. The molecule has 47 heavy (non-hydrogen) atoms. The summed E-state index contributed by atoms with van der Waals surface area (Å²) in [5, 5.41) is 5.81. The van der Waals surface area contributed by atoms with Crippen LogP contribution in [0.3, 0.4) is 0 Å². The van der Waals surface area contributed by atoms with E-state index in [1.807, 2.05) is 24.3 Å². The van der Waals surface area contributed by atoms with Gasteiger partial charge in [-0.15, -0.1) is 22.7 Å². The zero-order chi connectivity index (χ0) is 30.9. The second-order valence-electron chi connectivity index (χ2n) is 11.5. The van der Waals surface area contributed by atoms with Crippen molar-refractivity contribution < 1.29 is 0 Å². The molecule has 0 aliphatic rings. The molecule has 0 bridgehead atoms. The minimum absolute atomic E-state index is 0.587. The van der Waals surface area contributed by atoms with E-state index in [9.17, 15) is 0 Å². The Bertz CT molecular complexity index is 2760. The molecule has 4 heterocycles. The topological polar surface area (TPSA) is 56.5 Å². The first-order chi connectivity index (χ1) is 23.3. The van der Waals surface area contributed by atoms with Gasteiger partial charge in [0.2, 0.25) is 5.95 Å². The van der Waals surface area contributed by atoms with Crippen LogP contribution in [0.4, 0.5) is 0 Å². The van der Waals surface area contributed by atoms with Crippen molar-refractivity contribution in [3.8, 4) is 39.3 Å². The summed E-state index contributed by atoms with van der Waals surface area (Å²) in [6.07, 6.45) is 0. The van der Waals surface area contributed by atoms with Gasteiger partial charge in [-0.1, -0.05) is 103 Å². The normalized spacial score (nSPS) is 11.8. The maximum absolute atomic E-state index is 5.22. The van der Waals surface area contributed by atoms with E-state index < -0.39 is 0 Å². The van der Waals surface area contributed by atoms with Gasteiger partial charge >= 0.3 is 0 Å². The lowest BCUT2D eigenvalue weighted by atomic mass is 10.1. The van der Waals surface area contributed by atoms with Gasteiger partial charge in [0.15, 0.2) is 11.6 Å². The van der Waals surface area contributed by atoms with E-state index in [2.05, 4.69) is 120 Å². The number of para-hydroxylation sites is 2. The predicted molar refractivity (Wildman–Crippen MR) is 197 cm³/mol. The van der Waals surface area contributed by atoms with Crippen molar-refractivity contribution in [1.82, 2.24) is 24.5 Å². The minimum Gasteiger partial charge on any atom is -0.278 e. The average Bonchev–Trinajstić information content (AvgIpc) is 3.83. The highest BCUT2D eigenvalue weighted by Crippen LogP contribution is 2.39. The van der Waals surface area contributed by atoms with Crippen molar-refractivity contribution in [3.63, 3.8) is 0 Å². The molecule has 10 rings (SSSR count). The van der Waals surface area contributed by atoms with Crippen molar-refractivity contribution in [3.05, 3.63) is 140 Å². The molecule has 10 aromatic rings. The summed E-state index contributed by atoms with van der Waals surface area (Å²) in [4.78, 5) is 20.6. The van der Waals surface area contributed by atoms with Gasteiger partial charge in [-0.2, -0.15) is 9.97 Å². The molecule has 220 valence electrons. The molecular formula is C40H23N5S2. The number of nitrogens with zero attached hydrogens (tertiary/aromatic N) is 5. The number of fused-ring (bicyclic) bond motifs is 7. The summed E-state index contributed by atoms with van der Waals surface area (Å²) in [5.41, 5.74) is 6.03. The third kappa shape index (κ3) is 4.21. The van der Waals surface area contributed by atoms with Crippen LogP contribution in [-0.4, -0.2) is 24.5 Å². The number of aromatic nitrogens is 5. The summed E-state index contributed by atoms with van der Waals surface area (Å²) in [6.45, 7) is 0. The van der Waals surface area contributed by atoms with Crippen molar-refractivity contribution in [2.45, 2.75) is 0 Å². The standard InChI is InChI=1S/C40H23N5S2/c1-2-11-24(12-3-1)39-41-31-17-10-16-30(36(31)47-39)38-42-37(25-21-22-29-28-15-6-9-20-34(28)46-35(29)23-25)43-40(44-38)45-32-18-7-4-13-26(32)27-14-5-8-19-33(27)45/h1-23H. The molecule has 0 amide bonds. The number of hydrogen-bond acceptors (Lipinski definition) is 6. The summed E-state index contributed by atoms with van der Waals surface area (Å²) in [6, 6.07) is 48.5. The van der Waals surface area contributed by atoms with Crippen molar-refractivity contribution in [2.24, 2.45) is 0 Å². The van der Waals surface area contributed by atoms with Crippen LogP contribution in [-0.2, 0) is 0 Å². The van der Waals surface area contributed by atoms with Crippen molar-refractivity contribution in [1.29, 1.82) is 0 Å². The van der Waals surface area contributed by atoms with Gasteiger partial charge in [-0.25, -0.2) is 9.97 Å². The Balaban J connectivity index is 1.25. The molecule has 0 saturated heterocycles. The fourth-order valence-corrected chi connectivity index (χ4v) is 8.77. The smallest absolute Gasteiger partial charge is 0.238 e. The highest BCUT2D eigenvalue weighted by Gasteiger charge is 2.20. The van der Waals surface area contributed by atoms with Crippen LogP contribution >= 0.6 is 22.7 Å². The molecular weight excluding hydrogens is 615 g/mol. The Hall–Kier alpha value is -5.76. The molecule has 0 atom stereocenters. The second kappa shape index (κ2) is 10.4. The first kappa shape index (κ1) is 26.5. The lowest BCUT2D eigenvalue weighted by Crippen LogP contribution is -2.06. The fourth-order valence-electron chi connectivity index (χ4n) is 6.55. The third-order valence-electron chi connectivity index (χ3n) is 8.72. The van der Waals surface area contributed by atoms with E-state index in [1.54, 1.807) is 22.7 Å². The number of hydrogen-bond donors (Lipinski definition) is 0. The van der Waals surface area contributed by atoms with Crippen LogP contribution in [0.2, 0.25) is 0 Å². The molecule has 0 N–H and O–H groups in total. The summed E-state index contributed by atoms with van der Waals surface area (Å²) >= 11 is 3.47. The van der Waals surface area contributed by atoms with E-state index in [4.69, 9.17) is 19.9 Å². The Kier molecular flexibility index (Phi) is 5.85. The van der Waals surface area contributed by atoms with E-state index in [0.717, 1.165) is 53.7 Å². The van der Waals surface area contributed by atoms with E-state index in [1.165, 1.54) is 20.2 Å². The lowest BCUT2D eigenvalue weighted by Gasteiger charge is -2.11. The Morgan fingerprint density at radius 1 is 0.447 bits per heavy atom. The Morgan fingerprint density at radius 2 is 1.13 bits per heavy atom. The number of thiophene rings is 1. The zero-order valence-electron chi connectivity index (χ0n) is 24.8. The van der Waals surface area contributed by atoms with Crippen LogP contribution in [0.5, 0.6) is 0 Å². The maximum Gasteiger partial charge on any atom is 0.238 e. The predicted octanol–water partition coefficient (Wildman–Crippen LogP) is 10.9. The Morgan fingerprint density at radius 3 is 1.94 bits per heavy atom. The van der Waals surface area contributed by atoms with Gasteiger partial charge < -0.3 is 0 Å². The average molecular weight is 638 g/mol. The molecule has 0 spiro atoms. The van der Waals surface area contributed by atoms with Crippen LogP contribution in [0, 0.1) is 0 Å². The third-order valence-corrected chi connectivity index (χ3v) is 11.0. The van der Waals surface area contributed by atoms with Gasteiger partial charge in [0.1, 0.15) is 5.01 Å². The van der Waals surface area contributed by atoms with Crippen LogP contribution in [0.1, 0.15) is 0 Å². The minimum atomic E-state index is 0.587. The number of rotatable bonds is 4. The fraction of sp³-hybridized carbons (Fsp3) is 0. The van der Waals surface area contributed by atoms with Crippen molar-refractivity contribution >= 4 is 74.9 Å². The van der Waals surface area contributed by atoms with E-state index >= 15 is 0 Å². The monoisotopic (exact) mass is 637 g/mol.